The Balaban J connectivity index is 2.54. The van der Waals surface area contributed by atoms with E-state index >= 15 is 0 Å². The van der Waals surface area contributed by atoms with E-state index in [2.05, 4.69) is 24.3 Å². The number of para-hydroxylation sites is 1. The molecule has 0 aliphatic carbocycles. The molecule has 3 N–H and O–H groups in total. The molecule has 0 saturated carbocycles. The minimum Gasteiger partial charge on any atom is -0.360 e. The second-order valence-electron chi connectivity index (χ2n) is 4.18. The summed E-state index contributed by atoms with van der Waals surface area (Å²) < 4.78 is 0. The lowest BCUT2D eigenvalue weighted by Gasteiger charge is -2.06. The molecule has 3 heteroatoms. The van der Waals surface area contributed by atoms with Crippen LogP contribution in [0.4, 0.5) is 0 Å². The number of hydrogen-bond acceptors (Lipinski definition) is 2. The Kier molecular flexibility index (Phi) is 2.97. The van der Waals surface area contributed by atoms with Gasteiger partial charge >= 0.3 is 0 Å². The fraction of sp³-hybridized carbons (Fsp3) is 0.231. The molecule has 0 bridgehead atoms. The van der Waals surface area contributed by atoms with E-state index in [-0.39, 0.29) is 0 Å². The summed E-state index contributed by atoms with van der Waals surface area (Å²) in [6, 6.07) is 8.03. The van der Waals surface area contributed by atoms with Crippen LogP contribution >= 0.6 is 0 Å². The molecule has 0 spiro atoms. The number of aromatic amines is 1. The number of nitrogens with one attached hydrogen (secondary N) is 2. The highest BCUT2D eigenvalue weighted by Crippen LogP contribution is 2.23. The van der Waals surface area contributed by atoms with Crippen LogP contribution in [0.3, 0.4) is 0 Å². The molecule has 0 unspecified atom stereocenters. The van der Waals surface area contributed by atoms with Gasteiger partial charge in [0, 0.05) is 22.7 Å². The Bertz CT molecular complexity index is 511. The zero-order valence-electron chi connectivity index (χ0n) is 9.49. The van der Waals surface area contributed by atoms with Crippen molar-refractivity contribution < 1.29 is 5.21 Å². The highest BCUT2D eigenvalue weighted by molar-refractivity contribution is 5.91. The van der Waals surface area contributed by atoms with Gasteiger partial charge in [-0.2, -0.15) is 0 Å². The highest BCUT2D eigenvalue weighted by Gasteiger charge is 2.07. The molecule has 0 atom stereocenters. The summed E-state index contributed by atoms with van der Waals surface area (Å²) in [6.07, 6.45) is 3.90. The van der Waals surface area contributed by atoms with Gasteiger partial charge in [0.2, 0.25) is 0 Å². The van der Waals surface area contributed by atoms with Crippen LogP contribution in [0, 0.1) is 5.92 Å². The lowest BCUT2D eigenvalue weighted by molar-refractivity contribution is 0.224. The topological polar surface area (TPSA) is 48.0 Å². The number of hydroxylamine groups is 1. The number of hydrogen-bond donors (Lipinski definition) is 3. The van der Waals surface area contributed by atoms with Crippen molar-refractivity contribution in [2.45, 2.75) is 13.8 Å². The summed E-state index contributed by atoms with van der Waals surface area (Å²) in [7, 11) is 0. The van der Waals surface area contributed by atoms with E-state index in [0.717, 1.165) is 22.2 Å². The van der Waals surface area contributed by atoms with E-state index < -0.39 is 0 Å². The number of allylic oxidation sites excluding steroid dienone is 1. The Labute approximate surface area is 94.8 Å². The lowest BCUT2D eigenvalue weighted by atomic mass is 10.1. The van der Waals surface area contributed by atoms with Gasteiger partial charge in [0.05, 0.1) is 5.70 Å². The quantitative estimate of drug-likeness (QED) is 0.690. The number of fused-ring (bicyclic) bond motifs is 1. The Morgan fingerprint density at radius 2 is 2.12 bits per heavy atom. The average molecular weight is 216 g/mol. The van der Waals surface area contributed by atoms with E-state index in [0.29, 0.717) is 5.92 Å². The SMILES string of the molecule is CC(C)C=C(NO)c1c[nH]c2ccccc12. The van der Waals surface area contributed by atoms with Crippen LogP contribution in [0.1, 0.15) is 19.4 Å². The third-order valence-electron chi connectivity index (χ3n) is 2.50. The van der Waals surface area contributed by atoms with Gasteiger partial charge in [0.1, 0.15) is 0 Å². The molecular weight excluding hydrogens is 200 g/mol. The summed E-state index contributed by atoms with van der Waals surface area (Å²) >= 11 is 0. The second-order valence-corrected chi connectivity index (χ2v) is 4.18. The van der Waals surface area contributed by atoms with Gasteiger partial charge in [-0.05, 0) is 12.0 Å². The van der Waals surface area contributed by atoms with Gasteiger partial charge in [-0.3, -0.25) is 10.7 Å². The molecule has 0 aliphatic rings. The Morgan fingerprint density at radius 1 is 1.38 bits per heavy atom. The monoisotopic (exact) mass is 216 g/mol. The van der Waals surface area contributed by atoms with Crippen molar-refractivity contribution in [3.63, 3.8) is 0 Å². The lowest BCUT2D eigenvalue weighted by Crippen LogP contribution is -2.06. The van der Waals surface area contributed by atoms with E-state index in [9.17, 15) is 5.21 Å². The summed E-state index contributed by atoms with van der Waals surface area (Å²) in [5.74, 6) is 0.378. The molecule has 0 saturated heterocycles. The van der Waals surface area contributed by atoms with Crippen LogP contribution in [0.15, 0.2) is 36.5 Å². The van der Waals surface area contributed by atoms with Crippen LogP contribution in [0.25, 0.3) is 16.6 Å². The molecule has 84 valence electrons. The zero-order valence-corrected chi connectivity index (χ0v) is 9.49. The molecule has 1 aromatic heterocycles. The van der Waals surface area contributed by atoms with E-state index in [4.69, 9.17) is 0 Å². The summed E-state index contributed by atoms with van der Waals surface area (Å²) in [4.78, 5) is 3.18. The van der Waals surface area contributed by atoms with Gasteiger partial charge in [0.25, 0.3) is 0 Å². The highest BCUT2D eigenvalue weighted by atomic mass is 16.5. The summed E-state index contributed by atoms with van der Waals surface area (Å²) in [5.41, 5.74) is 5.08. The summed E-state index contributed by atoms with van der Waals surface area (Å²) in [5, 5.41) is 10.3. The average Bonchev–Trinajstić information content (AvgIpc) is 2.69. The summed E-state index contributed by atoms with van der Waals surface area (Å²) in [6.45, 7) is 4.15. The zero-order chi connectivity index (χ0) is 11.5. The second kappa shape index (κ2) is 4.41. The predicted molar refractivity (Wildman–Crippen MR) is 66.0 cm³/mol. The molecule has 16 heavy (non-hydrogen) atoms. The molecule has 2 rings (SSSR count). The molecule has 0 radical (unpaired) electrons. The van der Waals surface area contributed by atoms with E-state index in [1.54, 1.807) is 0 Å². The smallest absolute Gasteiger partial charge is 0.0658 e. The predicted octanol–water partition coefficient (Wildman–Crippen LogP) is 3.14. The molecule has 2 aromatic rings. The van der Waals surface area contributed by atoms with Crippen molar-refractivity contribution in [2.24, 2.45) is 5.92 Å². The number of H-pyrrole nitrogens is 1. The maximum atomic E-state index is 9.17. The third kappa shape index (κ3) is 1.95. The van der Waals surface area contributed by atoms with Crippen molar-refractivity contribution in [3.8, 4) is 0 Å². The maximum Gasteiger partial charge on any atom is 0.0658 e. The maximum absolute atomic E-state index is 9.17. The van der Waals surface area contributed by atoms with Gasteiger partial charge in [-0.15, -0.1) is 0 Å². The van der Waals surface area contributed by atoms with Crippen molar-refractivity contribution in [1.29, 1.82) is 0 Å². The number of aromatic nitrogens is 1. The minimum absolute atomic E-state index is 0.378. The van der Waals surface area contributed by atoms with Crippen molar-refractivity contribution in [1.82, 2.24) is 10.5 Å². The fourth-order valence-electron chi connectivity index (χ4n) is 1.81. The first-order valence-electron chi connectivity index (χ1n) is 5.41. The molecule has 0 aliphatic heterocycles. The van der Waals surface area contributed by atoms with Gasteiger partial charge < -0.3 is 4.98 Å². The van der Waals surface area contributed by atoms with E-state index in [1.165, 1.54) is 0 Å². The van der Waals surface area contributed by atoms with Crippen molar-refractivity contribution in [3.05, 3.63) is 42.1 Å². The molecule has 1 aromatic carbocycles. The molecular formula is C13H16N2O. The first-order valence-corrected chi connectivity index (χ1v) is 5.41. The first kappa shape index (κ1) is 10.8. The third-order valence-corrected chi connectivity index (χ3v) is 2.50. The van der Waals surface area contributed by atoms with E-state index in [1.807, 2.05) is 36.5 Å². The van der Waals surface area contributed by atoms with Crippen molar-refractivity contribution in [2.75, 3.05) is 0 Å². The molecule has 1 heterocycles. The Hall–Kier alpha value is -1.74. The fourth-order valence-corrected chi connectivity index (χ4v) is 1.81. The van der Waals surface area contributed by atoms with Crippen LogP contribution in [-0.4, -0.2) is 10.2 Å². The molecule has 0 fully saturated rings. The van der Waals surface area contributed by atoms with Gasteiger partial charge in [-0.25, -0.2) is 0 Å². The van der Waals surface area contributed by atoms with Crippen LogP contribution < -0.4 is 5.48 Å². The van der Waals surface area contributed by atoms with Gasteiger partial charge in [0.15, 0.2) is 0 Å². The van der Waals surface area contributed by atoms with Crippen molar-refractivity contribution >= 4 is 16.6 Å². The Morgan fingerprint density at radius 3 is 2.81 bits per heavy atom. The largest absolute Gasteiger partial charge is 0.360 e. The van der Waals surface area contributed by atoms with Crippen LogP contribution in [0.5, 0.6) is 0 Å². The molecule has 0 amide bonds. The number of rotatable bonds is 3. The minimum atomic E-state index is 0.378. The van der Waals surface area contributed by atoms with Gasteiger partial charge in [-0.1, -0.05) is 38.1 Å². The van der Waals surface area contributed by atoms with Crippen LogP contribution in [-0.2, 0) is 0 Å². The molecule has 3 nitrogen and oxygen atoms in total. The number of benzene rings is 1. The van der Waals surface area contributed by atoms with Crippen LogP contribution in [0.2, 0.25) is 0 Å². The standard InChI is InChI=1S/C13H16N2O/c1-9(2)7-13(15-16)11-8-14-12-6-4-3-5-10(11)12/h3-9,14-16H,1-2H3. The first-order chi connectivity index (χ1) is 7.72. The normalized spacial score (nSPS) is 12.4.